The second-order valence-electron chi connectivity index (χ2n) is 8.48. The van der Waals surface area contributed by atoms with Crippen LogP contribution in [0.15, 0.2) is 60.9 Å². The first-order valence-electron chi connectivity index (χ1n) is 11.1. The number of alkyl halides is 3. The minimum Gasteiger partial charge on any atom is -0.371 e. The molecule has 5 rings (SSSR count). The molecule has 180 valence electrons. The molecule has 0 radical (unpaired) electrons. The summed E-state index contributed by atoms with van der Waals surface area (Å²) in [6.45, 7) is 1.20. The van der Waals surface area contributed by atoms with Crippen molar-refractivity contribution in [2.45, 2.75) is 19.0 Å². The van der Waals surface area contributed by atoms with Gasteiger partial charge in [-0.05, 0) is 60.9 Å². The van der Waals surface area contributed by atoms with Crippen molar-refractivity contribution >= 4 is 28.2 Å². The molecule has 1 amide bonds. The van der Waals surface area contributed by atoms with E-state index in [2.05, 4.69) is 20.3 Å². The molecule has 3 heterocycles. The molecule has 35 heavy (non-hydrogen) atoms. The summed E-state index contributed by atoms with van der Waals surface area (Å²) in [5, 5.41) is 9.20. The Morgan fingerprint density at radius 2 is 1.80 bits per heavy atom. The van der Waals surface area contributed by atoms with E-state index in [0.717, 1.165) is 11.1 Å². The number of anilines is 2. The highest BCUT2D eigenvalue weighted by Gasteiger charge is 2.36. The van der Waals surface area contributed by atoms with Crippen LogP contribution in [0.1, 0.15) is 18.5 Å². The fourth-order valence-corrected chi connectivity index (χ4v) is 4.46. The summed E-state index contributed by atoms with van der Waals surface area (Å²) in [7, 11) is 0. The highest BCUT2D eigenvalue weighted by Crippen LogP contribution is 2.38. The quantitative estimate of drug-likeness (QED) is 0.369. The minimum atomic E-state index is -4.55. The molecule has 2 aromatic heterocycles. The lowest BCUT2D eigenvalue weighted by atomic mass is 9.94. The van der Waals surface area contributed by atoms with E-state index >= 15 is 0 Å². The highest BCUT2D eigenvalue weighted by molar-refractivity contribution is 5.95. The Bertz CT molecular complexity index is 1360. The van der Waals surface area contributed by atoms with E-state index in [1.54, 1.807) is 24.4 Å². The second kappa shape index (κ2) is 9.01. The first kappa shape index (κ1) is 22.8. The van der Waals surface area contributed by atoms with Gasteiger partial charge >= 0.3 is 6.18 Å². The number of carbonyl (C=O) groups excluding carboxylic acids is 1. The van der Waals surface area contributed by atoms with Crippen molar-refractivity contribution in [2.75, 3.05) is 23.3 Å². The Kier molecular flexibility index (Phi) is 5.88. The maximum absolute atomic E-state index is 13.4. The highest BCUT2D eigenvalue weighted by atomic mass is 19.4. The van der Waals surface area contributed by atoms with Gasteiger partial charge in [0, 0.05) is 47.5 Å². The zero-order chi connectivity index (χ0) is 24.6. The third-order valence-corrected chi connectivity index (χ3v) is 6.27. The first-order chi connectivity index (χ1) is 16.8. The number of pyridine rings is 1. The number of H-pyrrole nitrogens is 1. The third-order valence-electron chi connectivity index (χ3n) is 6.27. The van der Waals surface area contributed by atoms with Gasteiger partial charge in [0.05, 0.1) is 11.7 Å². The van der Waals surface area contributed by atoms with E-state index in [1.165, 1.54) is 30.5 Å². The van der Waals surface area contributed by atoms with Crippen molar-refractivity contribution in [3.63, 3.8) is 0 Å². The van der Waals surface area contributed by atoms with Gasteiger partial charge in [-0.25, -0.2) is 4.39 Å². The van der Waals surface area contributed by atoms with Crippen LogP contribution in [-0.4, -0.2) is 34.2 Å². The number of hydrogen-bond acceptors (Lipinski definition) is 4. The van der Waals surface area contributed by atoms with E-state index in [9.17, 15) is 22.4 Å². The van der Waals surface area contributed by atoms with Crippen LogP contribution in [0.2, 0.25) is 0 Å². The van der Waals surface area contributed by atoms with Gasteiger partial charge in [-0.1, -0.05) is 6.07 Å². The number of aromatic amines is 1. The SMILES string of the molecule is O=C(Nc1ccc(F)cc1)C1CCN(c2ccnc3ccc(-c4cn[nH]c4C(F)(F)F)cc23)CC1. The van der Waals surface area contributed by atoms with Crippen molar-refractivity contribution < 1.29 is 22.4 Å². The summed E-state index contributed by atoms with van der Waals surface area (Å²) < 4.78 is 53.2. The standard InChI is InChI=1S/C25H21F4N5O/c26-17-2-4-18(5-3-17)32-24(35)15-8-11-34(12-9-15)22-7-10-30-21-6-1-16(13-19(21)22)20-14-31-33-23(20)25(27,28)29/h1-7,10,13-15H,8-9,11-12H2,(H,31,33)(H,32,35). The van der Waals surface area contributed by atoms with Crippen molar-refractivity contribution in [2.24, 2.45) is 5.92 Å². The number of rotatable bonds is 4. The summed E-state index contributed by atoms with van der Waals surface area (Å²) in [5.41, 5.74) is 1.54. The van der Waals surface area contributed by atoms with E-state index in [4.69, 9.17) is 0 Å². The number of hydrogen-bond donors (Lipinski definition) is 2. The van der Waals surface area contributed by atoms with Crippen LogP contribution in [0.5, 0.6) is 0 Å². The topological polar surface area (TPSA) is 73.9 Å². The molecular formula is C25H21F4N5O. The smallest absolute Gasteiger partial charge is 0.371 e. The molecular weight excluding hydrogens is 462 g/mol. The van der Waals surface area contributed by atoms with Crippen molar-refractivity contribution in [1.82, 2.24) is 15.2 Å². The average molecular weight is 483 g/mol. The number of amides is 1. The summed E-state index contributed by atoms with van der Waals surface area (Å²) in [6.07, 6.45) is -0.489. The first-order valence-corrected chi connectivity index (χ1v) is 11.1. The number of benzene rings is 2. The fourth-order valence-electron chi connectivity index (χ4n) is 4.46. The number of aromatic nitrogens is 3. The number of fused-ring (bicyclic) bond motifs is 1. The number of nitrogens with one attached hydrogen (secondary N) is 2. The molecule has 0 atom stereocenters. The van der Waals surface area contributed by atoms with Crippen molar-refractivity contribution in [3.8, 4) is 11.1 Å². The Labute approximate surface area is 198 Å². The number of carbonyl (C=O) groups is 1. The van der Waals surface area contributed by atoms with E-state index in [0.29, 0.717) is 42.7 Å². The Balaban J connectivity index is 1.35. The van der Waals surface area contributed by atoms with Gasteiger partial charge in [0.25, 0.3) is 0 Å². The summed E-state index contributed by atoms with van der Waals surface area (Å²) in [5.74, 6) is -0.676. The van der Waals surface area contributed by atoms with Crippen LogP contribution >= 0.6 is 0 Å². The van der Waals surface area contributed by atoms with Crippen LogP contribution in [0, 0.1) is 11.7 Å². The van der Waals surface area contributed by atoms with Crippen LogP contribution in [0.3, 0.4) is 0 Å². The molecule has 6 nitrogen and oxygen atoms in total. The number of nitrogens with zero attached hydrogens (tertiary/aromatic N) is 3. The van der Waals surface area contributed by atoms with Crippen LogP contribution in [0.25, 0.3) is 22.0 Å². The largest absolute Gasteiger partial charge is 0.433 e. The van der Waals surface area contributed by atoms with Gasteiger partial charge in [0.2, 0.25) is 5.91 Å². The molecule has 4 aromatic rings. The molecule has 2 N–H and O–H groups in total. The van der Waals surface area contributed by atoms with E-state index in [-0.39, 0.29) is 23.2 Å². The van der Waals surface area contributed by atoms with Gasteiger partial charge in [0.1, 0.15) is 11.5 Å². The molecule has 1 saturated heterocycles. The Morgan fingerprint density at radius 3 is 2.51 bits per heavy atom. The zero-order valence-corrected chi connectivity index (χ0v) is 18.4. The van der Waals surface area contributed by atoms with Gasteiger partial charge in [-0.15, -0.1) is 0 Å². The Morgan fingerprint density at radius 1 is 1.06 bits per heavy atom. The zero-order valence-electron chi connectivity index (χ0n) is 18.4. The predicted molar refractivity (Wildman–Crippen MR) is 124 cm³/mol. The summed E-state index contributed by atoms with van der Waals surface area (Å²) in [6, 6.07) is 12.5. The monoisotopic (exact) mass is 483 g/mol. The molecule has 0 spiro atoms. The van der Waals surface area contributed by atoms with Gasteiger partial charge in [0.15, 0.2) is 0 Å². The number of halogens is 4. The lowest BCUT2D eigenvalue weighted by Crippen LogP contribution is -2.38. The summed E-state index contributed by atoms with van der Waals surface area (Å²) in [4.78, 5) is 19.1. The lowest BCUT2D eigenvalue weighted by Gasteiger charge is -2.33. The lowest BCUT2D eigenvalue weighted by molar-refractivity contribution is -0.140. The second-order valence-corrected chi connectivity index (χ2v) is 8.48. The van der Waals surface area contributed by atoms with Crippen LogP contribution in [0.4, 0.5) is 28.9 Å². The Hall–Kier alpha value is -3.95. The normalized spacial score (nSPS) is 14.9. The third kappa shape index (κ3) is 4.68. The molecule has 1 aliphatic heterocycles. The van der Waals surface area contributed by atoms with Crippen molar-refractivity contribution in [3.05, 3.63) is 72.4 Å². The van der Waals surface area contributed by atoms with Crippen LogP contribution in [-0.2, 0) is 11.0 Å². The number of piperidine rings is 1. The summed E-state index contributed by atoms with van der Waals surface area (Å²) >= 11 is 0. The van der Waals surface area contributed by atoms with E-state index < -0.39 is 11.9 Å². The molecule has 0 aliphatic carbocycles. The van der Waals surface area contributed by atoms with Crippen molar-refractivity contribution in [1.29, 1.82) is 0 Å². The molecule has 10 heteroatoms. The van der Waals surface area contributed by atoms with E-state index in [1.807, 2.05) is 11.2 Å². The van der Waals surface area contributed by atoms with Gasteiger partial charge in [-0.3, -0.25) is 14.9 Å². The van der Waals surface area contributed by atoms with Crippen LogP contribution < -0.4 is 10.2 Å². The molecule has 0 saturated carbocycles. The van der Waals surface area contributed by atoms with Gasteiger partial charge < -0.3 is 10.2 Å². The van der Waals surface area contributed by atoms with Gasteiger partial charge in [-0.2, -0.15) is 18.3 Å². The maximum atomic E-state index is 13.4. The molecule has 1 fully saturated rings. The fraction of sp³-hybridized carbons (Fsp3) is 0.240. The molecule has 1 aliphatic rings. The molecule has 2 aromatic carbocycles. The maximum Gasteiger partial charge on any atom is 0.433 e. The molecule has 0 unspecified atom stereocenters. The average Bonchev–Trinajstić information content (AvgIpc) is 3.36. The predicted octanol–water partition coefficient (Wildman–Crippen LogP) is 5.64. The minimum absolute atomic E-state index is 0.0228. The molecule has 0 bridgehead atoms.